The molecule has 128 valence electrons. The van der Waals surface area contributed by atoms with Gasteiger partial charge in [0.1, 0.15) is 6.10 Å². The van der Waals surface area contributed by atoms with Gasteiger partial charge >= 0.3 is 0 Å². The third-order valence-electron chi connectivity index (χ3n) is 4.65. The molecule has 4 rings (SSSR count). The molecule has 0 unspecified atom stereocenters. The van der Waals surface area contributed by atoms with Crippen LogP contribution in [0.3, 0.4) is 0 Å². The molecule has 1 aliphatic heterocycles. The number of hydrogen-bond donors (Lipinski definition) is 2. The van der Waals surface area contributed by atoms with Crippen molar-refractivity contribution < 1.29 is 9.53 Å². The Kier molecular flexibility index (Phi) is 3.89. The lowest BCUT2D eigenvalue weighted by Gasteiger charge is -2.19. The van der Waals surface area contributed by atoms with E-state index in [2.05, 4.69) is 10.3 Å². The fourth-order valence-corrected chi connectivity index (χ4v) is 3.33. The average Bonchev–Trinajstić information content (AvgIpc) is 3.23. The minimum absolute atomic E-state index is 0.118. The van der Waals surface area contributed by atoms with Gasteiger partial charge in [-0.3, -0.25) is 9.59 Å². The number of amides is 1. The summed E-state index contributed by atoms with van der Waals surface area (Å²) in [6.45, 7) is 2.60. The van der Waals surface area contributed by atoms with Crippen molar-refractivity contribution in [2.45, 2.75) is 25.5 Å². The Morgan fingerprint density at radius 3 is 3.00 bits per heavy atom. The van der Waals surface area contributed by atoms with Gasteiger partial charge in [0.2, 0.25) is 5.56 Å². The first kappa shape index (κ1) is 15.7. The number of H-pyrrole nitrogens is 1. The molecule has 1 aliphatic rings. The molecule has 3 aromatic heterocycles. The first-order valence-corrected chi connectivity index (χ1v) is 8.30. The molecule has 2 N–H and O–H groups in total. The first-order valence-electron chi connectivity index (χ1n) is 8.30. The van der Waals surface area contributed by atoms with E-state index in [0.29, 0.717) is 12.2 Å². The fourth-order valence-electron chi connectivity index (χ4n) is 3.33. The second-order valence-electron chi connectivity index (χ2n) is 6.36. The summed E-state index contributed by atoms with van der Waals surface area (Å²) in [5.41, 5.74) is 3.48. The summed E-state index contributed by atoms with van der Waals surface area (Å²) in [6, 6.07) is 8.97. The normalized spacial score (nSPS) is 20.0. The van der Waals surface area contributed by atoms with Gasteiger partial charge in [0.05, 0.1) is 11.6 Å². The van der Waals surface area contributed by atoms with Crippen molar-refractivity contribution >= 4 is 11.4 Å². The van der Waals surface area contributed by atoms with Crippen LogP contribution in [0.25, 0.3) is 5.52 Å². The zero-order chi connectivity index (χ0) is 17.4. The summed E-state index contributed by atoms with van der Waals surface area (Å²) >= 11 is 0. The van der Waals surface area contributed by atoms with Crippen LogP contribution in [0, 0.1) is 6.92 Å². The molecule has 6 heteroatoms. The second kappa shape index (κ2) is 6.22. The van der Waals surface area contributed by atoms with Crippen LogP contribution in [-0.2, 0) is 4.74 Å². The highest BCUT2D eigenvalue weighted by Gasteiger charge is 2.31. The monoisotopic (exact) mass is 337 g/mol. The van der Waals surface area contributed by atoms with Gasteiger partial charge in [0, 0.05) is 36.8 Å². The molecule has 6 nitrogen and oxygen atoms in total. The van der Waals surface area contributed by atoms with Gasteiger partial charge in [-0.15, -0.1) is 0 Å². The van der Waals surface area contributed by atoms with E-state index in [9.17, 15) is 9.59 Å². The number of aromatic amines is 1. The lowest BCUT2D eigenvalue weighted by molar-refractivity contribution is 0.0820. The Balaban J connectivity index is 1.55. The van der Waals surface area contributed by atoms with Crippen molar-refractivity contribution in [3.8, 4) is 0 Å². The van der Waals surface area contributed by atoms with Crippen LogP contribution >= 0.6 is 0 Å². The van der Waals surface area contributed by atoms with Crippen LogP contribution in [0.4, 0.5) is 0 Å². The van der Waals surface area contributed by atoms with E-state index in [0.717, 1.165) is 23.1 Å². The molecule has 0 saturated carbocycles. The summed E-state index contributed by atoms with van der Waals surface area (Å²) in [6.07, 6.45) is 5.90. The Hall–Kier alpha value is -2.86. The summed E-state index contributed by atoms with van der Waals surface area (Å²) < 4.78 is 7.72. The maximum absolute atomic E-state index is 12.7. The molecule has 0 aromatic carbocycles. The number of hydrogen-bond acceptors (Lipinski definition) is 3. The fraction of sp³-hybridized carbons (Fsp3) is 0.263. The molecule has 0 radical (unpaired) electrons. The van der Waals surface area contributed by atoms with Crippen molar-refractivity contribution in [3.63, 3.8) is 0 Å². The SMILES string of the molecule is Cc1cccn2cc(C(=O)N[C@@H]3CCO[C@H]3c3ccc(=O)[nH]c3)cc12. The maximum atomic E-state index is 12.7. The standard InChI is InChI=1S/C19H19N3O3/c1-12-3-2-7-22-11-14(9-16(12)22)19(24)21-15-6-8-25-18(15)13-4-5-17(23)20-10-13/h2-5,7,9-11,15,18H,6,8H2,1H3,(H,20,23)(H,21,24)/t15-,18+/m1/s1. The Morgan fingerprint density at radius 1 is 1.36 bits per heavy atom. The molecule has 0 bridgehead atoms. The number of nitrogens with one attached hydrogen (secondary N) is 2. The van der Waals surface area contributed by atoms with Crippen molar-refractivity contribution in [3.05, 3.63) is 76.0 Å². The number of rotatable bonds is 3. The van der Waals surface area contributed by atoms with Crippen LogP contribution in [0.15, 0.2) is 53.7 Å². The average molecular weight is 337 g/mol. The highest BCUT2D eigenvalue weighted by atomic mass is 16.5. The molecular formula is C19H19N3O3. The number of fused-ring (bicyclic) bond motifs is 1. The number of carbonyl (C=O) groups excluding carboxylic acids is 1. The number of ether oxygens (including phenoxy) is 1. The van der Waals surface area contributed by atoms with Crippen molar-refractivity contribution in [2.24, 2.45) is 0 Å². The molecule has 0 spiro atoms. The van der Waals surface area contributed by atoms with Gasteiger partial charge in [-0.05, 0) is 42.7 Å². The summed E-state index contributed by atoms with van der Waals surface area (Å²) in [5, 5.41) is 3.07. The zero-order valence-corrected chi connectivity index (χ0v) is 13.9. The van der Waals surface area contributed by atoms with Crippen LogP contribution in [-0.4, -0.2) is 27.9 Å². The molecular weight excluding hydrogens is 318 g/mol. The largest absolute Gasteiger partial charge is 0.371 e. The minimum Gasteiger partial charge on any atom is -0.371 e. The van der Waals surface area contributed by atoms with E-state index in [1.807, 2.05) is 41.9 Å². The summed E-state index contributed by atoms with van der Waals surface area (Å²) in [4.78, 5) is 26.6. The van der Waals surface area contributed by atoms with E-state index in [4.69, 9.17) is 4.74 Å². The Labute approximate surface area is 144 Å². The third-order valence-corrected chi connectivity index (χ3v) is 4.65. The second-order valence-corrected chi connectivity index (χ2v) is 6.36. The lowest BCUT2D eigenvalue weighted by atomic mass is 10.0. The number of carbonyl (C=O) groups is 1. The van der Waals surface area contributed by atoms with E-state index < -0.39 is 0 Å². The third kappa shape index (κ3) is 2.96. The first-order chi connectivity index (χ1) is 12.1. The topological polar surface area (TPSA) is 75.6 Å². The highest BCUT2D eigenvalue weighted by molar-refractivity contribution is 5.96. The van der Waals surface area contributed by atoms with Gasteiger partial charge in [0.25, 0.3) is 5.91 Å². The van der Waals surface area contributed by atoms with Crippen LogP contribution in [0.5, 0.6) is 0 Å². The predicted octanol–water partition coefficient (Wildman–Crippen LogP) is 2.20. The molecule has 1 fully saturated rings. The van der Waals surface area contributed by atoms with Crippen molar-refractivity contribution in [1.29, 1.82) is 0 Å². The molecule has 0 aliphatic carbocycles. The molecule has 1 saturated heterocycles. The Bertz CT molecular complexity index is 968. The molecule has 3 aromatic rings. The van der Waals surface area contributed by atoms with Gasteiger partial charge in [0.15, 0.2) is 0 Å². The van der Waals surface area contributed by atoms with Crippen molar-refractivity contribution in [2.75, 3.05) is 6.61 Å². The highest BCUT2D eigenvalue weighted by Crippen LogP contribution is 2.28. The molecule has 2 atom stereocenters. The minimum atomic E-state index is -0.250. The maximum Gasteiger partial charge on any atom is 0.253 e. The van der Waals surface area contributed by atoms with E-state index in [1.54, 1.807) is 12.3 Å². The number of nitrogens with zero attached hydrogens (tertiary/aromatic N) is 1. The van der Waals surface area contributed by atoms with E-state index >= 15 is 0 Å². The molecule has 4 heterocycles. The van der Waals surface area contributed by atoms with Gasteiger partial charge in [-0.1, -0.05) is 6.07 Å². The molecule has 25 heavy (non-hydrogen) atoms. The lowest BCUT2D eigenvalue weighted by Crippen LogP contribution is -2.36. The number of aryl methyl sites for hydroxylation is 1. The number of aromatic nitrogens is 2. The van der Waals surface area contributed by atoms with Crippen LogP contribution < -0.4 is 10.9 Å². The summed E-state index contributed by atoms with van der Waals surface area (Å²) in [5.74, 6) is -0.118. The van der Waals surface area contributed by atoms with Gasteiger partial charge in [-0.25, -0.2) is 0 Å². The van der Waals surface area contributed by atoms with Crippen LogP contribution in [0.1, 0.15) is 34.0 Å². The Morgan fingerprint density at radius 2 is 2.24 bits per heavy atom. The zero-order valence-electron chi connectivity index (χ0n) is 13.9. The van der Waals surface area contributed by atoms with E-state index in [-0.39, 0.29) is 23.6 Å². The predicted molar refractivity (Wildman–Crippen MR) is 93.8 cm³/mol. The summed E-state index contributed by atoms with van der Waals surface area (Å²) in [7, 11) is 0. The van der Waals surface area contributed by atoms with Crippen LogP contribution in [0.2, 0.25) is 0 Å². The molecule has 1 amide bonds. The number of pyridine rings is 2. The van der Waals surface area contributed by atoms with Gasteiger partial charge < -0.3 is 19.4 Å². The van der Waals surface area contributed by atoms with Gasteiger partial charge in [-0.2, -0.15) is 0 Å². The van der Waals surface area contributed by atoms with Crippen molar-refractivity contribution in [1.82, 2.24) is 14.7 Å². The smallest absolute Gasteiger partial charge is 0.253 e. The van der Waals surface area contributed by atoms with E-state index in [1.165, 1.54) is 6.07 Å². The quantitative estimate of drug-likeness (QED) is 0.769.